The molecule has 0 aliphatic heterocycles. The van der Waals surface area contributed by atoms with Crippen molar-refractivity contribution in [3.8, 4) is 67.0 Å². The standard InChI is InChI=1S/C79H51N3/c1-3-18-52(19-4-1)54-40-45-60(46-41-54)82-74-32-16-10-24-64(74)66-48-42-57(50-76(66)82)56-36-34-53(35-37-56)55-38-43-59(44-39-55)80(61-47-49-67-65-25-11-15-31-73(65)81(77(67)51-61)58-20-5-2-6-21-58)75-33-17-30-72-78(75)68-26-9-14-29-71(68)79(72)69-27-12-7-22-62(69)63-23-8-13-28-70(63)79/h1-51H. The molecular formula is C79H51N3. The molecule has 2 aromatic heterocycles. The predicted octanol–water partition coefficient (Wildman–Crippen LogP) is 20.7. The molecule has 2 aliphatic rings. The molecule has 0 fully saturated rings. The first-order valence-corrected chi connectivity index (χ1v) is 28.4. The maximum absolute atomic E-state index is 2.51. The lowest BCUT2D eigenvalue weighted by atomic mass is 9.70. The fraction of sp³-hybridized carbons (Fsp3) is 0.0127. The number of nitrogens with zero attached hydrogens (tertiary/aromatic N) is 3. The molecule has 0 bridgehead atoms. The second-order valence-electron chi connectivity index (χ2n) is 21.9. The zero-order valence-electron chi connectivity index (χ0n) is 44.8. The first-order chi connectivity index (χ1) is 40.7. The average Bonchev–Trinajstić information content (AvgIpc) is 4.35. The third kappa shape index (κ3) is 6.77. The molecule has 0 N–H and O–H groups in total. The van der Waals surface area contributed by atoms with E-state index in [1.54, 1.807) is 0 Å². The molecule has 0 saturated heterocycles. The van der Waals surface area contributed by atoms with Crippen molar-refractivity contribution in [1.29, 1.82) is 0 Å². The Morgan fingerprint density at radius 1 is 0.244 bits per heavy atom. The Bertz CT molecular complexity index is 4960. The summed E-state index contributed by atoms with van der Waals surface area (Å²) in [5.41, 5.74) is 27.4. The van der Waals surface area contributed by atoms with E-state index >= 15 is 0 Å². The van der Waals surface area contributed by atoms with Crippen LogP contribution in [0, 0.1) is 0 Å². The Morgan fingerprint density at radius 2 is 0.646 bits per heavy atom. The van der Waals surface area contributed by atoms with Gasteiger partial charge in [0.2, 0.25) is 0 Å². The summed E-state index contributed by atoms with van der Waals surface area (Å²) in [6.07, 6.45) is 0. The van der Waals surface area contributed by atoms with Crippen LogP contribution in [0.3, 0.4) is 0 Å². The molecule has 3 heteroatoms. The fourth-order valence-corrected chi connectivity index (χ4v) is 14.2. The Hall–Kier alpha value is -10.7. The van der Waals surface area contributed by atoms with Crippen LogP contribution in [0.15, 0.2) is 309 Å². The van der Waals surface area contributed by atoms with Crippen molar-refractivity contribution < 1.29 is 0 Å². The van der Waals surface area contributed by atoms with E-state index in [0.29, 0.717) is 0 Å². The van der Waals surface area contributed by atoms with Crippen LogP contribution in [-0.2, 0) is 5.41 Å². The summed E-state index contributed by atoms with van der Waals surface area (Å²) in [5, 5.41) is 4.95. The molecule has 2 heterocycles. The largest absolute Gasteiger partial charge is 0.310 e. The maximum atomic E-state index is 2.51. The lowest BCUT2D eigenvalue weighted by Crippen LogP contribution is -2.26. The van der Waals surface area contributed by atoms with E-state index in [1.165, 1.54) is 110 Å². The van der Waals surface area contributed by atoms with E-state index in [0.717, 1.165) is 39.5 Å². The summed E-state index contributed by atoms with van der Waals surface area (Å²) in [7, 11) is 0. The molecule has 0 atom stereocenters. The molecule has 0 unspecified atom stereocenters. The Labute approximate surface area is 476 Å². The Balaban J connectivity index is 0.793. The van der Waals surface area contributed by atoms with Crippen molar-refractivity contribution in [2.75, 3.05) is 4.90 Å². The van der Waals surface area contributed by atoms with Crippen molar-refractivity contribution in [3.63, 3.8) is 0 Å². The van der Waals surface area contributed by atoms with Gasteiger partial charge in [-0.15, -0.1) is 0 Å². The van der Waals surface area contributed by atoms with Gasteiger partial charge in [-0.3, -0.25) is 0 Å². The van der Waals surface area contributed by atoms with Gasteiger partial charge in [0.05, 0.1) is 33.2 Å². The van der Waals surface area contributed by atoms with Gasteiger partial charge in [0.25, 0.3) is 0 Å². The van der Waals surface area contributed by atoms with Gasteiger partial charge in [-0.25, -0.2) is 0 Å². The molecule has 82 heavy (non-hydrogen) atoms. The number of fused-ring (bicyclic) bond motifs is 16. The lowest BCUT2D eigenvalue weighted by Gasteiger charge is -2.32. The predicted molar refractivity (Wildman–Crippen MR) is 342 cm³/mol. The molecule has 13 aromatic carbocycles. The number of hydrogen-bond acceptors (Lipinski definition) is 1. The molecular weight excluding hydrogens is 991 g/mol. The van der Waals surface area contributed by atoms with Gasteiger partial charge >= 0.3 is 0 Å². The third-order valence-electron chi connectivity index (χ3n) is 17.8. The second-order valence-corrected chi connectivity index (χ2v) is 21.9. The highest BCUT2D eigenvalue weighted by Gasteiger charge is 2.52. The third-order valence-corrected chi connectivity index (χ3v) is 17.8. The van der Waals surface area contributed by atoms with Gasteiger partial charge in [0.1, 0.15) is 0 Å². The molecule has 0 saturated carbocycles. The number of hydrogen-bond donors (Lipinski definition) is 0. The zero-order chi connectivity index (χ0) is 53.9. The molecule has 0 amide bonds. The van der Waals surface area contributed by atoms with E-state index in [2.05, 4.69) is 323 Å². The zero-order valence-corrected chi connectivity index (χ0v) is 44.8. The van der Waals surface area contributed by atoms with E-state index in [9.17, 15) is 0 Å². The van der Waals surface area contributed by atoms with Crippen molar-refractivity contribution in [3.05, 3.63) is 332 Å². The second kappa shape index (κ2) is 18.2. The van der Waals surface area contributed by atoms with Gasteiger partial charge in [-0.1, -0.05) is 237 Å². The number of para-hydroxylation sites is 3. The maximum Gasteiger partial charge on any atom is 0.0726 e. The molecule has 3 nitrogen and oxygen atoms in total. The summed E-state index contributed by atoms with van der Waals surface area (Å²) in [6, 6.07) is 115. The minimum Gasteiger partial charge on any atom is -0.310 e. The smallest absolute Gasteiger partial charge is 0.0726 e. The van der Waals surface area contributed by atoms with Gasteiger partial charge < -0.3 is 14.0 Å². The van der Waals surface area contributed by atoms with Gasteiger partial charge in [-0.05, 0) is 145 Å². The quantitative estimate of drug-likeness (QED) is 0.148. The van der Waals surface area contributed by atoms with Crippen LogP contribution in [0.5, 0.6) is 0 Å². The Kier molecular flexibility index (Phi) is 10.2. The highest BCUT2D eigenvalue weighted by atomic mass is 15.1. The lowest BCUT2D eigenvalue weighted by molar-refractivity contribution is 0.794. The van der Waals surface area contributed by atoms with Crippen LogP contribution in [0.25, 0.3) is 111 Å². The molecule has 382 valence electrons. The molecule has 0 radical (unpaired) electrons. The van der Waals surface area contributed by atoms with E-state index < -0.39 is 5.41 Å². The minimum absolute atomic E-state index is 0.472. The highest BCUT2D eigenvalue weighted by molar-refractivity contribution is 6.12. The van der Waals surface area contributed by atoms with Crippen LogP contribution >= 0.6 is 0 Å². The molecule has 15 aromatic rings. The first kappa shape index (κ1) is 46.2. The van der Waals surface area contributed by atoms with Gasteiger partial charge in [0.15, 0.2) is 0 Å². The summed E-state index contributed by atoms with van der Waals surface area (Å²) < 4.78 is 4.84. The average molecular weight is 1040 g/mol. The van der Waals surface area contributed by atoms with Crippen molar-refractivity contribution in [1.82, 2.24) is 9.13 Å². The number of benzene rings is 13. The van der Waals surface area contributed by atoms with E-state index in [-0.39, 0.29) is 0 Å². The fourth-order valence-electron chi connectivity index (χ4n) is 14.2. The molecule has 17 rings (SSSR count). The highest BCUT2D eigenvalue weighted by Crippen LogP contribution is 2.64. The SMILES string of the molecule is c1ccc(-c2ccc(-n3c4ccccc4c4ccc(-c5ccc(-c6ccc(N(c7ccc8c9ccccc9n(-c9ccccc9)c8c7)c7cccc8c7-c7ccccc7C87c8ccccc8-c8ccccc87)cc6)cc5)cc43)cc2)cc1. The van der Waals surface area contributed by atoms with Gasteiger partial charge in [-0.2, -0.15) is 0 Å². The number of anilines is 3. The number of rotatable bonds is 8. The van der Waals surface area contributed by atoms with Crippen LogP contribution in [-0.4, -0.2) is 9.13 Å². The monoisotopic (exact) mass is 1040 g/mol. The molecule has 2 aliphatic carbocycles. The van der Waals surface area contributed by atoms with Crippen LogP contribution < -0.4 is 4.90 Å². The summed E-state index contributed by atoms with van der Waals surface area (Å²) >= 11 is 0. The van der Waals surface area contributed by atoms with Crippen LogP contribution in [0.4, 0.5) is 17.1 Å². The van der Waals surface area contributed by atoms with E-state index in [4.69, 9.17) is 0 Å². The van der Waals surface area contributed by atoms with Crippen LogP contribution in [0.2, 0.25) is 0 Å². The van der Waals surface area contributed by atoms with Crippen molar-refractivity contribution in [2.45, 2.75) is 5.41 Å². The van der Waals surface area contributed by atoms with E-state index in [1.807, 2.05) is 0 Å². The first-order valence-electron chi connectivity index (χ1n) is 28.4. The molecule has 1 spiro atoms. The summed E-state index contributed by atoms with van der Waals surface area (Å²) in [5.74, 6) is 0. The minimum atomic E-state index is -0.472. The number of aromatic nitrogens is 2. The summed E-state index contributed by atoms with van der Waals surface area (Å²) in [4.78, 5) is 2.51. The van der Waals surface area contributed by atoms with Gasteiger partial charge in [0, 0.05) is 49.9 Å². The van der Waals surface area contributed by atoms with Crippen molar-refractivity contribution in [2.24, 2.45) is 0 Å². The normalized spacial score (nSPS) is 12.7. The summed E-state index contributed by atoms with van der Waals surface area (Å²) in [6.45, 7) is 0. The van der Waals surface area contributed by atoms with Crippen LogP contribution in [0.1, 0.15) is 22.3 Å². The van der Waals surface area contributed by atoms with Crippen molar-refractivity contribution >= 4 is 60.7 Å². The topological polar surface area (TPSA) is 13.1 Å². The Morgan fingerprint density at radius 3 is 1.27 bits per heavy atom.